The van der Waals surface area contributed by atoms with Gasteiger partial charge in [0, 0.05) is 62.5 Å². The molecule has 2 N–H and O–H groups in total. The highest BCUT2D eigenvalue weighted by atomic mass is 16.7. The molecule has 3 fully saturated rings. The van der Waals surface area contributed by atoms with Gasteiger partial charge in [0.1, 0.15) is 0 Å². The lowest BCUT2D eigenvalue weighted by atomic mass is 9.98. The van der Waals surface area contributed by atoms with E-state index in [2.05, 4.69) is 15.2 Å². The molecule has 1 amide bonds. The highest BCUT2D eigenvalue weighted by Crippen LogP contribution is 2.39. The molecular formula is C31H35N3O6. The van der Waals surface area contributed by atoms with Gasteiger partial charge in [-0.25, -0.2) is 0 Å². The molecule has 4 heterocycles. The summed E-state index contributed by atoms with van der Waals surface area (Å²) >= 11 is 0. The van der Waals surface area contributed by atoms with Gasteiger partial charge in [0.05, 0.1) is 37.6 Å². The Labute approximate surface area is 234 Å². The number of aliphatic hydroxyl groups excluding tert-OH is 1. The summed E-state index contributed by atoms with van der Waals surface area (Å²) in [5.41, 5.74) is 3.88. The smallest absolute Gasteiger partial charge is 0.257 e. The third-order valence-electron chi connectivity index (χ3n) is 7.85. The first-order valence-corrected chi connectivity index (χ1v) is 13.9. The summed E-state index contributed by atoms with van der Waals surface area (Å²) in [5, 5.41) is 12.4. The Balaban J connectivity index is 1.18. The molecule has 3 aliphatic rings. The number of carbonyl (C=O) groups is 1. The summed E-state index contributed by atoms with van der Waals surface area (Å²) in [4.78, 5) is 19.1. The van der Waals surface area contributed by atoms with Crippen molar-refractivity contribution < 1.29 is 28.8 Å². The first kappa shape index (κ1) is 27.0. The van der Waals surface area contributed by atoms with Crippen LogP contribution in [0.15, 0.2) is 73.1 Å². The Kier molecular flexibility index (Phi) is 8.20. The molecule has 0 bridgehead atoms. The summed E-state index contributed by atoms with van der Waals surface area (Å²) < 4.78 is 24.9. The average Bonchev–Trinajstić information content (AvgIpc) is 3.47. The number of pyridine rings is 1. The number of nitrogens with zero attached hydrogens (tertiary/aromatic N) is 2. The van der Waals surface area contributed by atoms with Gasteiger partial charge in [0.15, 0.2) is 12.1 Å². The van der Waals surface area contributed by atoms with Crippen molar-refractivity contribution in [3.05, 3.63) is 95.3 Å². The summed E-state index contributed by atoms with van der Waals surface area (Å²) in [7, 11) is 0. The molecule has 210 valence electrons. The van der Waals surface area contributed by atoms with Gasteiger partial charge >= 0.3 is 0 Å². The molecule has 3 aliphatic heterocycles. The van der Waals surface area contributed by atoms with Crippen LogP contribution < -0.4 is 5.32 Å². The first-order valence-electron chi connectivity index (χ1n) is 13.9. The van der Waals surface area contributed by atoms with Crippen LogP contribution in [0.3, 0.4) is 0 Å². The monoisotopic (exact) mass is 545 g/mol. The molecule has 0 saturated carbocycles. The largest absolute Gasteiger partial charge is 0.392 e. The lowest BCUT2D eigenvalue weighted by Crippen LogP contribution is -2.48. The van der Waals surface area contributed by atoms with Gasteiger partial charge in [-0.2, -0.15) is 0 Å². The third-order valence-corrected chi connectivity index (χ3v) is 7.85. The maximum atomic E-state index is 12.7. The second-order valence-electron chi connectivity index (χ2n) is 10.6. The molecule has 0 unspecified atom stereocenters. The van der Waals surface area contributed by atoms with Crippen LogP contribution in [0.25, 0.3) is 0 Å². The van der Waals surface area contributed by atoms with Gasteiger partial charge in [-0.15, -0.1) is 0 Å². The number of aromatic nitrogens is 1. The number of amides is 1. The van der Waals surface area contributed by atoms with E-state index < -0.39 is 12.1 Å². The van der Waals surface area contributed by atoms with Crippen LogP contribution in [0.2, 0.25) is 0 Å². The fourth-order valence-electron chi connectivity index (χ4n) is 5.65. The van der Waals surface area contributed by atoms with E-state index in [1.54, 1.807) is 18.3 Å². The number of hydrogen-bond donors (Lipinski definition) is 2. The number of nitrogens with one attached hydrogen (secondary N) is 1. The minimum atomic E-state index is -0.603. The zero-order valence-corrected chi connectivity index (χ0v) is 22.4. The van der Waals surface area contributed by atoms with Crippen LogP contribution in [0.4, 0.5) is 5.69 Å². The fourth-order valence-corrected chi connectivity index (χ4v) is 5.65. The first-order chi connectivity index (χ1) is 19.6. The van der Waals surface area contributed by atoms with Gasteiger partial charge in [-0.05, 0) is 35.4 Å². The summed E-state index contributed by atoms with van der Waals surface area (Å²) in [6, 6.07) is 18.9. The molecule has 0 aliphatic carbocycles. The number of ether oxygens (including phenoxy) is 4. The Morgan fingerprint density at radius 3 is 2.52 bits per heavy atom. The van der Waals surface area contributed by atoms with Crippen molar-refractivity contribution in [2.75, 3.05) is 38.2 Å². The quantitative estimate of drug-likeness (QED) is 0.455. The van der Waals surface area contributed by atoms with E-state index in [4.69, 9.17) is 18.9 Å². The number of carbonyl (C=O) groups excluding carboxylic acids is 1. The predicted molar refractivity (Wildman–Crippen MR) is 147 cm³/mol. The van der Waals surface area contributed by atoms with Crippen molar-refractivity contribution in [2.45, 2.75) is 50.2 Å². The number of rotatable bonds is 7. The molecule has 0 radical (unpaired) electrons. The molecule has 9 nitrogen and oxygen atoms in total. The number of hydrogen-bond acceptors (Lipinski definition) is 8. The van der Waals surface area contributed by atoms with Crippen molar-refractivity contribution in [3.63, 3.8) is 0 Å². The molecule has 1 aromatic heterocycles. The zero-order valence-electron chi connectivity index (χ0n) is 22.4. The van der Waals surface area contributed by atoms with Crippen LogP contribution in [0.1, 0.15) is 58.7 Å². The van der Waals surface area contributed by atoms with Gasteiger partial charge in [0.25, 0.3) is 5.91 Å². The van der Waals surface area contributed by atoms with Gasteiger partial charge in [-0.3, -0.25) is 9.78 Å². The third kappa shape index (κ3) is 6.25. The molecule has 6 rings (SSSR count). The van der Waals surface area contributed by atoms with E-state index in [-0.39, 0.29) is 24.7 Å². The number of aliphatic hydroxyl groups is 1. The van der Waals surface area contributed by atoms with Crippen molar-refractivity contribution in [1.82, 2.24) is 9.88 Å². The van der Waals surface area contributed by atoms with E-state index in [0.717, 1.165) is 49.2 Å². The molecule has 3 atom stereocenters. The molecule has 40 heavy (non-hydrogen) atoms. The van der Waals surface area contributed by atoms with E-state index in [9.17, 15) is 9.90 Å². The van der Waals surface area contributed by atoms with Crippen molar-refractivity contribution in [2.24, 2.45) is 0 Å². The Bertz CT molecular complexity index is 1270. The maximum absolute atomic E-state index is 12.7. The van der Waals surface area contributed by atoms with E-state index in [0.29, 0.717) is 30.9 Å². The fraction of sp³-hybridized carbons (Fsp3) is 0.419. The number of anilines is 1. The van der Waals surface area contributed by atoms with Crippen molar-refractivity contribution in [1.29, 1.82) is 0 Å². The van der Waals surface area contributed by atoms with Crippen LogP contribution in [-0.2, 0) is 25.6 Å². The molecule has 1 spiro atoms. The molecule has 9 heteroatoms. The second kappa shape index (κ2) is 12.1. The highest BCUT2D eigenvalue weighted by Gasteiger charge is 2.41. The number of likely N-dealkylation sites (tertiary alicyclic amines) is 1. The Hall–Kier alpha value is -3.18. The molecule has 3 aromatic rings. The molecule has 3 saturated heterocycles. The summed E-state index contributed by atoms with van der Waals surface area (Å²) in [6.07, 6.45) is 4.75. The van der Waals surface area contributed by atoms with Crippen molar-refractivity contribution >= 4 is 11.6 Å². The van der Waals surface area contributed by atoms with Gasteiger partial charge in [-0.1, -0.05) is 36.4 Å². The van der Waals surface area contributed by atoms with Crippen molar-refractivity contribution in [3.8, 4) is 0 Å². The number of piperidine rings is 1. The topological polar surface area (TPSA) is 102 Å². The lowest BCUT2D eigenvalue weighted by Gasteiger charge is -2.41. The summed E-state index contributed by atoms with van der Waals surface area (Å²) in [6.45, 7) is 3.89. The van der Waals surface area contributed by atoms with E-state index in [1.165, 1.54) is 6.20 Å². The highest BCUT2D eigenvalue weighted by molar-refractivity contribution is 6.04. The van der Waals surface area contributed by atoms with E-state index in [1.807, 2.05) is 48.5 Å². The normalized spacial score (nSPS) is 24.7. The zero-order chi connectivity index (χ0) is 27.4. The van der Waals surface area contributed by atoms with E-state index >= 15 is 0 Å². The SMILES string of the molecule is O=C(Nc1cccc([C@H]2O[C@@H](CN3CCC4(CC3)OCCO4)C[C@@H](c3ccc(CO)cc3)O2)c1)c1cccnc1. The minimum Gasteiger partial charge on any atom is -0.392 e. The van der Waals surface area contributed by atoms with Crippen LogP contribution >= 0.6 is 0 Å². The van der Waals surface area contributed by atoms with Crippen LogP contribution in [0.5, 0.6) is 0 Å². The molecule has 2 aromatic carbocycles. The second-order valence-corrected chi connectivity index (χ2v) is 10.6. The predicted octanol–water partition coefficient (Wildman–Crippen LogP) is 4.21. The Morgan fingerprint density at radius 1 is 1.00 bits per heavy atom. The minimum absolute atomic E-state index is 0.00159. The van der Waals surface area contributed by atoms with Gasteiger partial charge in [0.2, 0.25) is 0 Å². The average molecular weight is 546 g/mol. The standard InChI is InChI=1S/C31H35N3O6/c35-21-22-6-8-23(9-7-22)28-18-27(20-34-13-10-31(11-14-34)37-15-16-38-31)39-30(40-28)24-3-1-5-26(17-24)33-29(36)25-4-2-12-32-19-25/h1-9,12,17,19,27-28,30,35H,10-11,13-16,18,20-21H2,(H,33,36)/t27-,28+,30+/m1/s1. The van der Waals surface area contributed by atoms with Crippen LogP contribution in [-0.4, -0.2) is 65.6 Å². The lowest BCUT2D eigenvalue weighted by molar-refractivity contribution is -0.255. The number of benzene rings is 2. The molecular weight excluding hydrogens is 510 g/mol. The van der Waals surface area contributed by atoms with Gasteiger partial charge < -0.3 is 34.3 Å². The van der Waals surface area contributed by atoms with Crippen LogP contribution in [0, 0.1) is 0 Å². The maximum Gasteiger partial charge on any atom is 0.257 e. The Morgan fingerprint density at radius 2 is 1.80 bits per heavy atom. The summed E-state index contributed by atoms with van der Waals surface area (Å²) in [5.74, 6) is -0.638.